The summed E-state index contributed by atoms with van der Waals surface area (Å²) in [6.07, 6.45) is 0. The molecule has 3 nitrogen and oxygen atoms in total. The van der Waals surface area contributed by atoms with Crippen LogP contribution in [0.1, 0.15) is 0 Å². The van der Waals surface area contributed by atoms with E-state index in [4.69, 9.17) is 11.6 Å². The van der Waals surface area contributed by atoms with Gasteiger partial charge in [0.1, 0.15) is 17.1 Å². The SMILES string of the molecule is O=S([O-])Oc1cccc(Cl)c1.[K+]. The number of hydrogen-bond donors (Lipinski definition) is 0. The van der Waals surface area contributed by atoms with Gasteiger partial charge in [-0.25, -0.2) is 4.21 Å². The quantitative estimate of drug-likeness (QED) is 0.460. The molecule has 0 saturated carbocycles. The Balaban J connectivity index is 0.00000121. The molecule has 0 heterocycles. The second-order valence-electron chi connectivity index (χ2n) is 1.74. The third kappa shape index (κ3) is 4.93. The first-order valence-electron chi connectivity index (χ1n) is 2.71. The molecule has 1 aromatic rings. The maximum absolute atomic E-state index is 10.0. The van der Waals surface area contributed by atoms with E-state index < -0.39 is 11.4 Å². The van der Waals surface area contributed by atoms with Gasteiger partial charge in [0.25, 0.3) is 0 Å². The summed E-state index contributed by atoms with van der Waals surface area (Å²) in [7, 11) is 0. The van der Waals surface area contributed by atoms with Gasteiger partial charge in [-0.2, -0.15) is 0 Å². The van der Waals surface area contributed by atoms with Crippen molar-refractivity contribution in [2.75, 3.05) is 0 Å². The van der Waals surface area contributed by atoms with E-state index in [1.807, 2.05) is 0 Å². The number of hydrogen-bond acceptors (Lipinski definition) is 3. The normalized spacial score (nSPS) is 11.5. The van der Waals surface area contributed by atoms with Crippen molar-refractivity contribution >= 4 is 23.0 Å². The van der Waals surface area contributed by atoms with Crippen LogP contribution in [0.2, 0.25) is 5.02 Å². The molecule has 1 aromatic carbocycles. The van der Waals surface area contributed by atoms with E-state index in [2.05, 4.69) is 4.18 Å². The summed E-state index contributed by atoms with van der Waals surface area (Å²) in [5.74, 6) is 0.214. The molecule has 0 N–H and O–H groups in total. The molecule has 0 aromatic heterocycles. The molecule has 12 heavy (non-hydrogen) atoms. The second-order valence-corrected chi connectivity index (χ2v) is 2.76. The van der Waals surface area contributed by atoms with Crippen molar-refractivity contribution < 1.29 is 64.3 Å². The molecule has 0 aliphatic rings. The summed E-state index contributed by atoms with van der Waals surface area (Å²) in [5.41, 5.74) is 0. The number of benzene rings is 1. The third-order valence-corrected chi connectivity index (χ3v) is 1.52. The molecular formula is C6H4ClKO3S. The monoisotopic (exact) mass is 230 g/mol. The summed E-state index contributed by atoms with van der Waals surface area (Å²) in [6, 6.07) is 6.14. The Kier molecular flexibility index (Phi) is 7.07. The molecule has 60 valence electrons. The van der Waals surface area contributed by atoms with Crippen LogP contribution in [-0.4, -0.2) is 8.76 Å². The van der Waals surface area contributed by atoms with E-state index in [9.17, 15) is 8.76 Å². The van der Waals surface area contributed by atoms with E-state index in [-0.39, 0.29) is 57.1 Å². The minimum atomic E-state index is -2.53. The molecule has 1 rings (SSSR count). The van der Waals surface area contributed by atoms with Gasteiger partial charge in [-0.3, -0.25) is 0 Å². The third-order valence-electron chi connectivity index (χ3n) is 0.960. The van der Waals surface area contributed by atoms with Crippen molar-refractivity contribution in [1.29, 1.82) is 0 Å². The molecule has 0 spiro atoms. The predicted molar refractivity (Wildman–Crippen MR) is 41.0 cm³/mol. The molecular weight excluding hydrogens is 227 g/mol. The Labute approximate surface area is 120 Å². The Hall–Kier alpha value is 1.06. The smallest absolute Gasteiger partial charge is 0.740 e. The van der Waals surface area contributed by atoms with Crippen LogP contribution >= 0.6 is 11.6 Å². The Morgan fingerprint density at radius 1 is 1.50 bits per heavy atom. The summed E-state index contributed by atoms with van der Waals surface area (Å²) < 4.78 is 24.4. The molecule has 0 fully saturated rings. The van der Waals surface area contributed by atoms with Crippen LogP contribution in [0.15, 0.2) is 24.3 Å². The maximum atomic E-state index is 10.0. The van der Waals surface area contributed by atoms with Crippen LogP contribution < -0.4 is 55.6 Å². The first-order valence-corrected chi connectivity index (χ1v) is 4.09. The van der Waals surface area contributed by atoms with Gasteiger partial charge in [0.15, 0.2) is 0 Å². The largest absolute Gasteiger partial charge is 1.00 e. The maximum Gasteiger partial charge on any atom is 1.00 e. The van der Waals surface area contributed by atoms with Crippen molar-refractivity contribution in [3.63, 3.8) is 0 Å². The standard InChI is InChI=1S/C6H5ClO3S.K/c7-5-2-1-3-6(4-5)10-11(8)9;/h1-4H,(H,8,9);/q;+1/p-1. The molecule has 0 amide bonds. The van der Waals surface area contributed by atoms with Gasteiger partial charge in [0, 0.05) is 11.1 Å². The summed E-state index contributed by atoms with van der Waals surface area (Å²) >= 11 is 3.01. The zero-order valence-electron chi connectivity index (χ0n) is 6.32. The van der Waals surface area contributed by atoms with E-state index >= 15 is 0 Å². The summed E-state index contributed by atoms with van der Waals surface area (Å²) in [4.78, 5) is 0. The summed E-state index contributed by atoms with van der Waals surface area (Å²) in [5, 5.41) is 0.438. The molecule has 1 atom stereocenters. The topological polar surface area (TPSA) is 49.4 Å². The van der Waals surface area contributed by atoms with Crippen molar-refractivity contribution in [2.24, 2.45) is 0 Å². The van der Waals surface area contributed by atoms with Crippen LogP contribution in [-0.2, 0) is 11.4 Å². The van der Waals surface area contributed by atoms with E-state index in [0.717, 1.165) is 0 Å². The minimum Gasteiger partial charge on any atom is -0.740 e. The van der Waals surface area contributed by atoms with Gasteiger partial charge in [0.05, 0.1) is 0 Å². The molecule has 0 saturated heterocycles. The average molecular weight is 231 g/mol. The van der Waals surface area contributed by atoms with Gasteiger partial charge in [-0.15, -0.1) is 0 Å². The molecule has 6 heteroatoms. The van der Waals surface area contributed by atoms with Crippen LogP contribution in [0.5, 0.6) is 5.75 Å². The number of halogens is 1. The van der Waals surface area contributed by atoms with Crippen molar-refractivity contribution in [3.8, 4) is 5.75 Å². The van der Waals surface area contributed by atoms with Gasteiger partial charge < -0.3 is 8.74 Å². The minimum absolute atomic E-state index is 0. The first kappa shape index (κ1) is 13.1. The molecule has 0 bridgehead atoms. The average Bonchev–Trinajstić information content (AvgIpc) is 1.85. The summed E-state index contributed by atoms with van der Waals surface area (Å²) in [6.45, 7) is 0. The van der Waals surface area contributed by atoms with Gasteiger partial charge in [-0.05, 0) is 12.1 Å². The first-order chi connectivity index (χ1) is 5.18. The van der Waals surface area contributed by atoms with E-state index in [1.165, 1.54) is 12.1 Å². The Bertz CT molecular complexity index is 281. The fourth-order valence-electron chi connectivity index (χ4n) is 0.597. The van der Waals surface area contributed by atoms with Gasteiger partial charge >= 0.3 is 51.4 Å². The van der Waals surface area contributed by atoms with Crippen molar-refractivity contribution in [3.05, 3.63) is 29.3 Å². The molecule has 0 aliphatic carbocycles. The molecule has 0 aliphatic heterocycles. The Morgan fingerprint density at radius 2 is 2.17 bits per heavy atom. The zero-order chi connectivity index (χ0) is 8.27. The van der Waals surface area contributed by atoms with Gasteiger partial charge in [-0.1, -0.05) is 17.7 Å². The van der Waals surface area contributed by atoms with Crippen LogP contribution in [0.4, 0.5) is 0 Å². The van der Waals surface area contributed by atoms with E-state index in [0.29, 0.717) is 5.02 Å². The number of rotatable bonds is 2. The second kappa shape index (κ2) is 6.50. The molecule has 0 radical (unpaired) electrons. The predicted octanol–water partition coefficient (Wildman–Crippen LogP) is -1.48. The zero-order valence-corrected chi connectivity index (χ0v) is 11.0. The fraction of sp³-hybridized carbons (Fsp3) is 0. The fourth-order valence-corrected chi connectivity index (χ4v) is 1.04. The molecule has 1 unspecified atom stereocenters. The van der Waals surface area contributed by atoms with Crippen LogP contribution in [0, 0.1) is 0 Å². The Morgan fingerprint density at radius 3 is 2.67 bits per heavy atom. The van der Waals surface area contributed by atoms with Gasteiger partial charge in [0.2, 0.25) is 0 Å². The van der Waals surface area contributed by atoms with Crippen LogP contribution in [0.25, 0.3) is 0 Å². The van der Waals surface area contributed by atoms with Crippen molar-refractivity contribution in [1.82, 2.24) is 0 Å². The van der Waals surface area contributed by atoms with Crippen molar-refractivity contribution in [2.45, 2.75) is 0 Å². The van der Waals surface area contributed by atoms with Crippen LogP contribution in [0.3, 0.4) is 0 Å². The van der Waals surface area contributed by atoms with E-state index in [1.54, 1.807) is 12.1 Å².